The molecule has 6 nitrogen and oxygen atoms in total. The molecule has 1 N–H and O–H groups in total. The molecule has 0 unspecified atom stereocenters. The lowest BCUT2D eigenvalue weighted by molar-refractivity contribution is 0.0342. The zero-order valence-electron chi connectivity index (χ0n) is 16.7. The van der Waals surface area contributed by atoms with Gasteiger partial charge in [0.1, 0.15) is 11.5 Å². The minimum atomic E-state index is -0.290. The Morgan fingerprint density at radius 2 is 1.84 bits per heavy atom. The summed E-state index contributed by atoms with van der Waals surface area (Å²) in [7, 11) is 0. The molecular weight excluding hydrogens is 437 g/mol. The van der Waals surface area contributed by atoms with E-state index < -0.39 is 0 Å². The van der Waals surface area contributed by atoms with E-state index in [1.54, 1.807) is 42.5 Å². The van der Waals surface area contributed by atoms with Gasteiger partial charge < -0.3 is 9.15 Å². The smallest absolute Gasteiger partial charge is 0.271 e. The molecule has 160 valence electrons. The van der Waals surface area contributed by atoms with Crippen LogP contribution < -0.4 is 5.43 Å². The second kappa shape index (κ2) is 10.1. The van der Waals surface area contributed by atoms with Crippen molar-refractivity contribution < 1.29 is 13.9 Å². The summed E-state index contributed by atoms with van der Waals surface area (Å²) in [6.07, 6.45) is 1.44. The van der Waals surface area contributed by atoms with Crippen molar-refractivity contribution in [3.63, 3.8) is 0 Å². The van der Waals surface area contributed by atoms with Crippen molar-refractivity contribution in [3.8, 4) is 11.3 Å². The highest BCUT2D eigenvalue weighted by molar-refractivity contribution is 6.36. The number of morpholine rings is 1. The molecule has 31 heavy (non-hydrogen) atoms. The van der Waals surface area contributed by atoms with Crippen LogP contribution in [-0.4, -0.2) is 43.3 Å². The Bertz CT molecular complexity index is 1070. The van der Waals surface area contributed by atoms with Crippen molar-refractivity contribution in [1.29, 1.82) is 0 Å². The molecular formula is C23H21Cl2N3O3. The molecule has 8 heteroatoms. The van der Waals surface area contributed by atoms with Crippen LogP contribution in [0.25, 0.3) is 11.3 Å². The predicted molar refractivity (Wildman–Crippen MR) is 122 cm³/mol. The Hall–Kier alpha value is -2.64. The predicted octanol–water partition coefficient (Wildman–Crippen LogP) is 4.85. The van der Waals surface area contributed by atoms with Gasteiger partial charge in [-0.05, 0) is 48.0 Å². The normalized spacial score (nSPS) is 14.8. The number of ether oxygens (including phenoxy) is 1. The van der Waals surface area contributed by atoms with Crippen LogP contribution >= 0.6 is 23.2 Å². The van der Waals surface area contributed by atoms with Crippen LogP contribution in [0.2, 0.25) is 10.0 Å². The summed E-state index contributed by atoms with van der Waals surface area (Å²) >= 11 is 12.1. The quantitative estimate of drug-likeness (QED) is 0.424. The summed E-state index contributed by atoms with van der Waals surface area (Å²) in [5.41, 5.74) is 4.94. The van der Waals surface area contributed by atoms with Gasteiger partial charge in [0.25, 0.3) is 5.91 Å². The van der Waals surface area contributed by atoms with E-state index in [9.17, 15) is 4.79 Å². The van der Waals surface area contributed by atoms with Crippen molar-refractivity contribution >= 4 is 35.3 Å². The number of furan rings is 1. The fraction of sp³-hybridized carbons (Fsp3) is 0.217. The van der Waals surface area contributed by atoms with Crippen LogP contribution in [-0.2, 0) is 11.3 Å². The molecule has 4 rings (SSSR count). The number of nitrogens with zero attached hydrogens (tertiary/aromatic N) is 2. The third kappa shape index (κ3) is 5.74. The first-order valence-corrected chi connectivity index (χ1v) is 10.6. The molecule has 0 spiro atoms. The van der Waals surface area contributed by atoms with Crippen molar-refractivity contribution in [1.82, 2.24) is 10.3 Å². The maximum absolute atomic E-state index is 12.3. The molecule has 1 saturated heterocycles. The standard InChI is InChI=1S/C23H21Cl2N3O3/c24-18-5-7-20(21(25)13-18)22-8-6-19(31-22)14-26-27-23(29)17-3-1-16(2-4-17)15-28-9-11-30-12-10-28/h1-8,13-14H,9-12,15H2,(H,27,29)/b26-14+. The van der Waals surface area contributed by atoms with Crippen LogP contribution in [0.15, 0.2) is 64.1 Å². The van der Waals surface area contributed by atoms with E-state index >= 15 is 0 Å². The maximum Gasteiger partial charge on any atom is 0.271 e. The van der Waals surface area contributed by atoms with Crippen LogP contribution in [0.1, 0.15) is 21.7 Å². The van der Waals surface area contributed by atoms with Gasteiger partial charge in [-0.1, -0.05) is 35.3 Å². The van der Waals surface area contributed by atoms with Crippen LogP contribution in [0, 0.1) is 0 Å². The largest absolute Gasteiger partial charge is 0.455 e. The molecule has 3 aromatic rings. The lowest BCUT2D eigenvalue weighted by Crippen LogP contribution is -2.35. The van der Waals surface area contributed by atoms with Crippen molar-refractivity contribution in [2.24, 2.45) is 5.10 Å². The highest BCUT2D eigenvalue weighted by Gasteiger charge is 2.12. The van der Waals surface area contributed by atoms with Gasteiger partial charge in [0.15, 0.2) is 0 Å². The van der Waals surface area contributed by atoms with Gasteiger partial charge in [-0.2, -0.15) is 5.10 Å². The molecule has 0 aliphatic carbocycles. The summed E-state index contributed by atoms with van der Waals surface area (Å²) in [6.45, 7) is 4.23. The summed E-state index contributed by atoms with van der Waals surface area (Å²) in [5, 5.41) is 5.03. The average Bonchev–Trinajstić information content (AvgIpc) is 3.23. The zero-order chi connectivity index (χ0) is 21.6. The van der Waals surface area contributed by atoms with Gasteiger partial charge in [-0.25, -0.2) is 5.43 Å². The molecule has 1 aliphatic rings. The number of carbonyl (C=O) groups is 1. The maximum atomic E-state index is 12.3. The summed E-state index contributed by atoms with van der Waals surface area (Å²) in [4.78, 5) is 14.7. The number of hydrogen-bond donors (Lipinski definition) is 1. The monoisotopic (exact) mass is 457 g/mol. The SMILES string of the molecule is O=C(N/N=C/c1ccc(-c2ccc(Cl)cc2Cl)o1)c1ccc(CN2CCOCC2)cc1. The molecule has 0 atom stereocenters. The van der Waals surface area contributed by atoms with Gasteiger partial charge >= 0.3 is 0 Å². The minimum Gasteiger partial charge on any atom is -0.455 e. The molecule has 0 radical (unpaired) electrons. The molecule has 2 heterocycles. The molecule has 1 aromatic heterocycles. The Balaban J connectivity index is 1.32. The Kier molecular flexibility index (Phi) is 7.04. The first-order valence-electron chi connectivity index (χ1n) is 9.86. The number of hydrazone groups is 1. The third-order valence-corrected chi connectivity index (χ3v) is 5.46. The second-order valence-corrected chi connectivity index (χ2v) is 7.95. The number of amides is 1. The van der Waals surface area contributed by atoms with Crippen molar-refractivity contribution in [3.05, 3.63) is 81.5 Å². The van der Waals surface area contributed by atoms with Gasteiger partial charge in [0, 0.05) is 35.8 Å². The van der Waals surface area contributed by atoms with Gasteiger partial charge in [0.05, 0.1) is 24.5 Å². The number of benzene rings is 2. The highest BCUT2D eigenvalue weighted by atomic mass is 35.5. The van der Waals surface area contributed by atoms with E-state index in [0.717, 1.165) is 44.0 Å². The Morgan fingerprint density at radius 1 is 1.06 bits per heavy atom. The van der Waals surface area contributed by atoms with E-state index in [1.807, 2.05) is 12.1 Å². The van der Waals surface area contributed by atoms with E-state index in [1.165, 1.54) is 6.21 Å². The van der Waals surface area contributed by atoms with Crippen molar-refractivity contribution in [2.45, 2.75) is 6.54 Å². The fourth-order valence-electron chi connectivity index (χ4n) is 3.25. The van der Waals surface area contributed by atoms with Crippen molar-refractivity contribution in [2.75, 3.05) is 26.3 Å². The number of carbonyl (C=O) groups excluding carboxylic acids is 1. The van der Waals surface area contributed by atoms with E-state index in [0.29, 0.717) is 27.1 Å². The molecule has 0 bridgehead atoms. The molecule has 1 fully saturated rings. The third-order valence-electron chi connectivity index (χ3n) is 4.91. The Labute approximate surface area is 190 Å². The number of rotatable bonds is 6. The van der Waals surface area contributed by atoms with Crippen LogP contribution in [0.4, 0.5) is 0 Å². The number of hydrogen-bond acceptors (Lipinski definition) is 5. The molecule has 1 amide bonds. The van der Waals surface area contributed by atoms with Crippen LogP contribution in [0.5, 0.6) is 0 Å². The minimum absolute atomic E-state index is 0.290. The van der Waals surface area contributed by atoms with Gasteiger partial charge in [-0.15, -0.1) is 0 Å². The summed E-state index contributed by atoms with van der Waals surface area (Å²) in [5.74, 6) is 0.786. The topological polar surface area (TPSA) is 67.1 Å². The van der Waals surface area contributed by atoms with Gasteiger partial charge in [0.2, 0.25) is 0 Å². The zero-order valence-corrected chi connectivity index (χ0v) is 18.2. The molecule has 1 aliphatic heterocycles. The van der Waals surface area contributed by atoms with Gasteiger partial charge in [-0.3, -0.25) is 9.69 Å². The number of halogens is 2. The Morgan fingerprint density at radius 3 is 2.58 bits per heavy atom. The average molecular weight is 458 g/mol. The summed E-state index contributed by atoms with van der Waals surface area (Å²) < 4.78 is 11.1. The van der Waals surface area contributed by atoms with E-state index in [-0.39, 0.29) is 5.91 Å². The second-order valence-electron chi connectivity index (χ2n) is 7.11. The van der Waals surface area contributed by atoms with E-state index in [4.69, 9.17) is 32.4 Å². The first-order chi connectivity index (χ1) is 15.1. The molecule has 0 saturated carbocycles. The summed E-state index contributed by atoms with van der Waals surface area (Å²) in [6, 6.07) is 16.2. The number of nitrogens with one attached hydrogen (secondary N) is 1. The fourth-order valence-corrected chi connectivity index (χ4v) is 3.76. The van der Waals surface area contributed by atoms with E-state index in [2.05, 4.69) is 15.4 Å². The highest BCUT2D eigenvalue weighted by Crippen LogP contribution is 2.31. The lowest BCUT2D eigenvalue weighted by Gasteiger charge is -2.26. The van der Waals surface area contributed by atoms with Crippen LogP contribution in [0.3, 0.4) is 0 Å². The first kappa shape index (κ1) is 21.6. The molecule has 2 aromatic carbocycles. The lowest BCUT2D eigenvalue weighted by atomic mass is 10.1.